The molecular formula is C16H32N6. The van der Waals surface area contributed by atoms with E-state index < -0.39 is 0 Å². The fraction of sp³-hybridized carbons (Fsp3) is 0.812. The van der Waals surface area contributed by atoms with Crippen LogP contribution in [0.15, 0.2) is 0 Å². The average molecular weight is 308 g/mol. The van der Waals surface area contributed by atoms with Crippen molar-refractivity contribution in [3.05, 3.63) is 0 Å². The number of rotatable bonds is 13. The van der Waals surface area contributed by atoms with E-state index in [9.17, 15) is 0 Å². The van der Waals surface area contributed by atoms with Crippen LogP contribution < -0.4 is 16.8 Å². The first-order valence-electron chi connectivity index (χ1n) is 8.73. The Kier molecular flexibility index (Phi) is 10.1. The molecule has 1 heterocycles. The minimum Gasteiger partial charge on any atom is -0.368 e. The van der Waals surface area contributed by atoms with Crippen LogP contribution in [0.2, 0.25) is 0 Å². The Morgan fingerprint density at radius 3 is 1.64 bits per heavy atom. The zero-order chi connectivity index (χ0) is 16.0. The van der Waals surface area contributed by atoms with Gasteiger partial charge in [0, 0.05) is 6.54 Å². The first kappa shape index (κ1) is 18.5. The Hall–Kier alpha value is -1.59. The molecule has 0 radical (unpaired) electrons. The maximum absolute atomic E-state index is 5.51. The van der Waals surface area contributed by atoms with Crippen molar-refractivity contribution < 1.29 is 0 Å². The van der Waals surface area contributed by atoms with Gasteiger partial charge in [-0.3, -0.25) is 0 Å². The molecule has 0 saturated heterocycles. The highest BCUT2D eigenvalue weighted by Gasteiger charge is 2.00. The summed E-state index contributed by atoms with van der Waals surface area (Å²) in [6, 6.07) is 0. The highest BCUT2D eigenvalue weighted by molar-refractivity contribution is 5.36. The number of hydrogen-bond acceptors (Lipinski definition) is 6. The van der Waals surface area contributed by atoms with Gasteiger partial charge in [0.2, 0.25) is 17.8 Å². The Bertz CT molecular complexity index is 376. The summed E-state index contributed by atoms with van der Waals surface area (Å²) in [6.45, 7) is 3.11. The summed E-state index contributed by atoms with van der Waals surface area (Å²) >= 11 is 0. The maximum atomic E-state index is 5.51. The van der Waals surface area contributed by atoms with Crippen molar-refractivity contribution in [1.29, 1.82) is 0 Å². The van der Waals surface area contributed by atoms with Crippen LogP contribution in [0.25, 0.3) is 0 Å². The SMILES string of the molecule is CCCCCCCCCCCCCNc1nc(N)nc(N)n1. The summed E-state index contributed by atoms with van der Waals surface area (Å²) < 4.78 is 0. The monoisotopic (exact) mass is 308 g/mol. The predicted molar refractivity (Wildman–Crippen MR) is 93.6 cm³/mol. The average Bonchev–Trinajstić information content (AvgIpc) is 2.47. The van der Waals surface area contributed by atoms with Crippen molar-refractivity contribution in [2.24, 2.45) is 0 Å². The molecule has 0 bridgehead atoms. The van der Waals surface area contributed by atoms with Gasteiger partial charge in [-0.15, -0.1) is 0 Å². The predicted octanol–water partition coefficient (Wildman–Crippen LogP) is 3.76. The third-order valence-corrected chi connectivity index (χ3v) is 3.73. The summed E-state index contributed by atoms with van der Waals surface area (Å²) in [5, 5.41) is 3.13. The Morgan fingerprint density at radius 2 is 1.14 bits per heavy atom. The summed E-state index contributed by atoms with van der Waals surface area (Å²) in [4.78, 5) is 11.7. The fourth-order valence-corrected chi connectivity index (χ4v) is 2.48. The lowest BCUT2D eigenvalue weighted by Gasteiger charge is -2.05. The largest absolute Gasteiger partial charge is 0.368 e. The lowest BCUT2D eigenvalue weighted by Crippen LogP contribution is -2.10. The molecule has 0 aromatic carbocycles. The fourth-order valence-electron chi connectivity index (χ4n) is 2.48. The molecule has 0 saturated carbocycles. The van der Waals surface area contributed by atoms with Gasteiger partial charge in [0.15, 0.2) is 0 Å². The van der Waals surface area contributed by atoms with Gasteiger partial charge in [-0.1, -0.05) is 71.1 Å². The minimum absolute atomic E-state index is 0.161. The molecule has 6 heteroatoms. The zero-order valence-electron chi connectivity index (χ0n) is 14.0. The van der Waals surface area contributed by atoms with E-state index in [1.165, 1.54) is 64.2 Å². The number of hydrogen-bond donors (Lipinski definition) is 3. The number of unbranched alkanes of at least 4 members (excludes halogenated alkanes) is 10. The van der Waals surface area contributed by atoms with Gasteiger partial charge in [0.05, 0.1) is 0 Å². The molecule has 0 spiro atoms. The first-order valence-corrected chi connectivity index (χ1v) is 8.73. The zero-order valence-corrected chi connectivity index (χ0v) is 14.0. The van der Waals surface area contributed by atoms with Crippen LogP contribution >= 0.6 is 0 Å². The number of nitrogens with two attached hydrogens (primary N) is 2. The van der Waals surface area contributed by atoms with Crippen molar-refractivity contribution in [2.75, 3.05) is 23.3 Å². The normalized spacial score (nSPS) is 10.8. The topological polar surface area (TPSA) is 103 Å². The van der Waals surface area contributed by atoms with Crippen LogP contribution in [0.1, 0.15) is 77.6 Å². The molecule has 22 heavy (non-hydrogen) atoms. The second-order valence-electron chi connectivity index (χ2n) is 5.84. The molecule has 5 N–H and O–H groups in total. The van der Waals surface area contributed by atoms with Gasteiger partial charge >= 0.3 is 0 Å². The molecule has 1 aromatic heterocycles. The second-order valence-corrected chi connectivity index (χ2v) is 5.84. The second kappa shape index (κ2) is 12.0. The summed E-state index contributed by atoms with van der Waals surface area (Å²) in [6.07, 6.45) is 14.7. The van der Waals surface area contributed by atoms with Crippen LogP contribution in [0.3, 0.4) is 0 Å². The molecule has 1 aromatic rings. The first-order chi connectivity index (χ1) is 10.7. The van der Waals surface area contributed by atoms with Crippen LogP contribution in [-0.4, -0.2) is 21.5 Å². The van der Waals surface area contributed by atoms with Gasteiger partial charge in [-0.05, 0) is 6.42 Å². The lowest BCUT2D eigenvalue weighted by molar-refractivity contribution is 0.552. The van der Waals surface area contributed by atoms with E-state index in [1.54, 1.807) is 0 Å². The Labute approximate surface area is 134 Å². The van der Waals surface area contributed by atoms with Crippen LogP contribution in [0, 0.1) is 0 Å². The van der Waals surface area contributed by atoms with E-state index in [4.69, 9.17) is 11.5 Å². The number of nitrogen functional groups attached to an aromatic ring is 2. The summed E-state index contributed by atoms with van der Waals surface area (Å²) in [7, 11) is 0. The van der Waals surface area contributed by atoms with Crippen LogP contribution in [-0.2, 0) is 0 Å². The van der Waals surface area contributed by atoms with Crippen molar-refractivity contribution in [1.82, 2.24) is 15.0 Å². The number of nitrogens with zero attached hydrogens (tertiary/aromatic N) is 3. The van der Waals surface area contributed by atoms with Gasteiger partial charge in [0.25, 0.3) is 0 Å². The third kappa shape index (κ3) is 9.37. The third-order valence-electron chi connectivity index (χ3n) is 3.73. The molecular weight excluding hydrogens is 276 g/mol. The summed E-state index contributed by atoms with van der Waals surface area (Å²) in [5.74, 6) is 0.792. The van der Waals surface area contributed by atoms with Crippen LogP contribution in [0.5, 0.6) is 0 Å². The lowest BCUT2D eigenvalue weighted by atomic mass is 10.1. The molecule has 1 rings (SSSR count). The van der Waals surface area contributed by atoms with E-state index in [2.05, 4.69) is 27.2 Å². The van der Waals surface area contributed by atoms with Gasteiger partial charge in [-0.25, -0.2) is 0 Å². The molecule has 126 valence electrons. The van der Waals surface area contributed by atoms with E-state index in [0.717, 1.165) is 13.0 Å². The molecule has 0 fully saturated rings. The van der Waals surface area contributed by atoms with Crippen molar-refractivity contribution in [2.45, 2.75) is 77.6 Å². The minimum atomic E-state index is 0.161. The van der Waals surface area contributed by atoms with Gasteiger partial charge in [0.1, 0.15) is 0 Å². The molecule has 0 amide bonds. The van der Waals surface area contributed by atoms with Crippen molar-refractivity contribution >= 4 is 17.8 Å². The van der Waals surface area contributed by atoms with Crippen molar-refractivity contribution in [3.8, 4) is 0 Å². The highest BCUT2D eigenvalue weighted by atomic mass is 15.2. The van der Waals surface area contributed by atoms with E-state index >= 15 is 0 Å². The van der Waals surface area contributed by atoms with Crippen LogP contribution in [0.4, 0.5) is 17.8 Å². The standard InChI is InChI=1S/C16H32N6/c1-2-3-4-5-6-7-8-9-10-11-12-13-19-16-21-14(17)20-15(18)22-16/h2-13H2,1H3,(H5,17,18,19,20,21,22). The summed E-state index contributed by atoms with van der Waals surface area (Å²) in [5.41, 5.74) is 11.0. The van der Waals surface area contributed by atoms with E-state index in [1.807, 2.05) is 0 Å². The van der Waals surface area contributed by atoms with Crippen molar-refractivity contribution in [3.63, 3.8) is 0 Å². The molecule has 0 atom stereocenters. The smallest absolute Gasteiger partial charge is 0.229 e. The van der Waals surface area contributed by atoms with Gasteiger partial charge < -0.3 is 16.8 Å². The molecule has 0 unspecified atom stereocenters. The highest BCUT2D eigenvalue weighted by Crippen LogP contribution is 2.11. The maximum Gasteiger partial charge on any atom is 0.229 e. The quantitative estimate of drug-likeness (QED) is 0.479. The Morgan fingerprint density at radius 1 is 0.682 bits per heavy atom. The molecule has 0 aliphatic carbocycles. The molecule has 6 nitrogen and oxygen atoms in total. The van der Waals surface area contributed by atoms with E-state index in [0.29, 0.717) is 5.95 Å². The number of nitrogens with one attached hydrogen (secondary N) is 1. The van der Waals surface area contributed by atoms with Gasteiger partial charge in [-0.2, -0.15) is 15.0 Å². The Balaban J connectivity index is 1.89. The van der Waals surface area contributed by atoms with E-state index in [-0.39, 0.29) is 11.9 Å². The molecule has 0 aliphatic heterocycles. The number of anilines is 3. The molecule has 0 aliphatic rings. The number of aromatic nitrogens is 3.